The van der Waals surface area contributed by atoms with Crippen molar-refractivity contribution < 1.29 is 4.79 Å². The van der Waals surface area contributed by atoms with Crippen molar-refractivity contribution in [3.63, 3.8) is 0 Å². The highest BCUT2D eigenvalue weighted by atomic mass is 32.2. The molecular formula is C13H17N3OS2. The summed E-state index contributed by atoms with van der Waals surface area (Å²) in [6, 6.07) is 6.06. The molecule has 0 unspecified atom stereocenters. The second-order valence-corrected chi connectivity index (χ2v) is 7.02. The first-order valence-corrected chi connectivity index (χ1v) is 7.88. The Morgan fingerprint density at radius 1 is 1.42 bits per heavy atom. The number of carbonyl (C=O) groups is 1. The van der Waals surface area contributed by atoms with Gasteiger partial charge in [-0.3, -0.25) is 4.79 Å². The molecule has 2 aromatic rings. The number of thioether (sulfide) groups is 1. The summed E-state index contributed by atoms with van der Waals surface area (Å²) in [4.78, 5) is 12.1. The molecule has 0 aliphatic heterocycles. The molecule has 2 aromatic heterocycles. The van der Waals surface area contributed by atoms with E-state index in [1.807, 2.05) is 44.4 Å². The summed E-state index contributed by atoms with van der Waals surface area (Å²) in [7, 11) is 0. The Kier molecular flexibility index (Phi) is 4.66. The summed E-state index contributed by atoms with van der Waals surface area (Å²) in [6.45, 7) is 5.98. The minimum Gasteiger partial charge on any atom is -0.310 e. The number of nitrogens with one attached hydrogen (secondary N) is 1. The molecule has 6 heteroatoms. The number of thiophene rings is 1. The van der Waals surface area contributed by atoms with Crippen LogP contribution >= 0.6 is 23.1 Å². The van der Waals surface area contributed by atoms with Gasteiger partial charge >= 0.3 is 0 Å². The molecule has 102 valence electrons. The van der Waals surface area contributed by atoms with E-state index in [2.05, 4.69) is 10.4 Å². The van der Waals surface area contributed by atoms with E-state index in [9.17, 15) is 4.79 Å². The number of nitrogens with zero attached hydrogens (tertiary/aromatic N) is 2. The van der Waals surface area contributed by atoms with Crippen molar-refractivity contribution in [2.75, 3.05) is 5.32 Å². The number of amides is 1. The fourth-order valence-corrected chi connectivity index (χ4v) is 3.55. The molecule has 0 spiro atoms. The van der Waals surface area contributed by atoms with Crippen LogP contribution in [0, 0.1) is 0 Å². The van der Waals surface area contributed by atoms with Crippen LogP contribution < -0.4 is 5.32 Å². The molecule has 2 rings (SSSR count). The van der Waals surface area contributed by atoms with Crippen molar-refractivity contribution in [1.29, 1.82) is 0 Å². The Hall–Kier alpha value is -1.27. The minimum atomic E-state index is -0.130. The Morgan fingerprint density at radius 3 is 2.84 bits per heavy atom. The van der Waals surface area contributed by atoms with Crippen LogP contribution in [0.4, 0.5) is 5.82 Å². The Morgan fingerprint density at radius 2 is 2.21 bits per heavy atom. The molecule has 19 heavy (non-hydrogen) atoms. The van der Waals surface area contributed by atoms with Crippen molar-refractivity contribution >= 4 is 34.8 Å². The van der Waals surface area contributed by atoms with Crippen LogP contribution in [0.1, 0.15) is 26.8 Å². The number of hydrogen-bond acceptors (Lipinski definition) is 4. The van der Waals surface area contributed by atoms with Gasteiger partial charge in [0, 0.05) is 12.1 Å². The maximum Gasteiger partial charge on any atom is 0.238 e. The number of rotatable bonds is 5. The molecule has 0 bridgehead atoms. The van der Waals surface area contributed by atoms with Gasteiger partial charge in [-0.05, 0) is 32.2 Å². The van der Waals surface area contributed by atoms with Crippen LogP contribution in [0.2, 0.25) is 0 Å². The van der Waals surface area contributed by atoms with Crippen molar-refractivity contribution in [3.05, 3.63) is 29.8 Å². The molecular weight excluding hydrogens is 278 g/mol. The fourth-order valence-electron chi connectivity index (χ4n) is 1.61. The van der Waals surface area contributed by atoms with Crippen LogP contribution in [0.3, 0.4) is 0 Å². The quantitative estimate of drug-likeness (QED) is 0.857. The lowest BCUT2D eigenvalue weighted by atomic mass is 10.4. The molecule has 0 aromatic carbocycles. The highest BCUT2D eigenvalue weighted by Crippen LogP contribution is 2.28. The lowest BCUT2D eigenvalue weighted by molar-refractivity contribution is -0.115. The van der Waals surface area contributed by atoms with Gasteiger partial charge < -0.3 is 5.32 Å². The van der Waals surface area contributed by atoms with Gasteiger partial charge in [0.1, 0.15) is 5.82 Å². The first-order chi connectivity index (χ1) is 9.08. The van der Waals surface area contributed by atoms with Gasteiger partial charge in [-0.15, -0.1) is 23.1 Å². The second kappa shape index (κ2) is 6.25. The molecule has 0 aliphatic carbocycles. The van der Waals surface area contributed by atoms with Crippen LogP contribution in [0.5, 0.6) is 0 Å². The molecule has 0 saturated carbocycles. The molecule has 0 saturated heterocycles. The fraction of sp³-hybridized carbons (Fsp3) is 0.385. The average molecular weight is 295 g/mol. The third-order valence-electron chi connectivity index (χ3n) is 2.57. The van der Waals surface area contributed by atoms with Gasteiger partial charge in [-0.1, -0.05) is 6.07 Å². The SMILES string of the molecule is CC(C)n1nccc1NC(=O)[C@H](C)Sc1cccs1. The van der Waals surface area contributed by atoms with Gasteiger partial charge in [0.05, 0.1) is 15.7 Å². The lowest BCUT2D eigenvalue weighted by Crippen LogP contribution is -2.24. The maximum absolute atomic E-state index is 12.1. The Labute approximate surface area is 121 Å². The highest BCUT2D eigenvalue weighted by molar-refractivity contribution is 8.02. The predicted molar refractivity (Wildman–Crippen MR) is 80.9 cm³/mol. The van der Waals surface area contributed by atoms with E-state index >= 15 is 0 Å². The van der Waals surface area contributed by atoms with E-state index < -0.39 is 0 Å². The predicted octanol–water partition coefficient (Wildman–Crippen LogP) is 3.64. The Bertz CT molecular complexity index is 534. The van der Waals surface area contributed by atoms with Crippen LogP contribution in [0.15, 0.2) is 34.0 Å². The topological polar surface area (TPSA) is 46.9 Å². The molecule has 4 nitrogen and oxygen atoms in total. The van der Waals surface area contributed by atoms with Gasteiger partial charge in [0.25, 0.3) is 0 Å². The van der Waals surface area contributed by atoms with E-state index in [1.165, 1.54) is 0 Å². The zero-order valence-electron chi connectivity index (χ0n) is 11.2. The van der Waals surface area contributed by atoms with E-state index in [0.29, 0.717) is 0 Å². The molecule has 1 N–H and O–H groups in total. The summed E-state index contributed by atoms with van der Waals surface area (Å²) in [5.74, 6) is 0.749. The normalized spacial score (nSPS) is 12.6. The van der Waals surface area contributed by atoms with Gasteiger partial charge in [-0.25, -0.2) is 4.68 Å². The smallest absolute Gasteiger partial charge is 0.238 e. The minimum absolute atomic E-state index is 0.000741. The first-order valence-electron chi connectivity index (χ1n) is 6.12. The van der Waals surface area contributed by atoms with Gasteiger partial charge in [0.2, 0.25) is 5.91 Å². The van der Waals surface area contributed by atoms with Crippen LogP contribution in [0.25, 0.3) is 0 Å². The van der Waals surface area contributed by atoms with Crippen molar-refractivity contribution in [3.8, 4) is 0 Å². The van der Waals surface area contributed by atoms with Gasteiger partial charge in [-0.2, -0.15) is 5.10 Å². The second-order valence-electron chi connectivity index (χ2n) is 4.44. The number of carbonyl (C=O) groups excluding carboxylic acids is 1. The molecule has 0 aliphatic rings. The number of anilines is 1. The number of aromatic nitrogens is 2. The van der Waals surface area contributed by atoms with Crippen molar-refractivity contribution in [1.82, 2.24) is 9.78 Å². The van der Waals surface area contributed by atoms with E-state index in [0.717, 1.165) is 10.0 Å². The lowest BCUT2D eigenvalue weighted by Gasteiger charge is -2.14. The molecule has 1 atom stereocenters. The average Bonchev–Trinajstić information content (AvgIpc) is 2.99. The van der Waals surface area contributed by atoms with Crippen molar-refractivity contribution in [2.45, 2.75) is 36.3 Å². The molecule has 1 amide bonds. The van der Waals surface area contributed by atoms with Crippen LogP contribution in [-0.4, -0.2) is 20.9 Å². The summed E-state index contributed by atoms with van der Waals surface area (Å²) < 4.78 is 2.96. The zero-order valence-corrected chi connectivity index (χ0v) is 12.8. The van der Waals surface area contributed by atoms with E-state index in [1.54, 1.807) is 34.0 Å². The summed E-state index contributed by atoms with van der Waals surface area (Å²) >= 11 is 3.22. The van der Waals surface area contributed by atoms with Crippen molar-refractivity contribution in [2.24, 2.45) is 0 Å². The Balaban J connectivity index is 1.98. The molecule has 2 heterocycles. The maximum atomic E-state index is 12.1. The van der Waals surface area contributed by atoms with Crippen LogP contribution in [-0.2, 0) is 4.79 Å². The third kappa shape index (κ3) is 3.61. The molecule has 0 radical (unpaired) electrons. The summed E-state index contributed by atoms with van der Waals surface area (Å²) in [5.41, 5.74) is 0. The highest BCUT2D eigenvalue weighted by Gasteiger charge is 2.17. The van der Waals surface area contributed by atoms with E-state index in [-0.39, 0.29) is 17.2 Å². The standard InChI is InChI=1S/C13H17N3OS2/c1-9(2)16-11(6-7-14-16)15-13(17)10(3)19-12-5-4-8-18-12/h4-10H,1-3H3,(H,15,17)/t10-/m0/s1. The summed E-state index contributed by atoms with van der Waals surface area (Å²) in [5, 5.41) is 9.01. The largest absolute Gasteiger partial charge is 0.310 e. The number of hydrogen-bond donors (Lipinski definition) is 1. The van der Waals surface area contributed by atoms with E-state index in [4.69, 9.17) is 0 Å². The summed E-state index contributed by atoms with van der Waals surface area (Å²) in [6.07, 6.45) is 1.70. The third-order valence-corrected chi connectivity index (χ3v) is 4.74. The first kappa shape index (κ1) is 14.1. The monoisotopic (exact) mass is 295 g/mol. The van der Waals surface area contributed by atoms with Gasteiger partial charge in [0.15, 0.2) is 0 Å². The molecule has 0 fully saturated rings. The zero-order chi connectivity index (χ0) is 13.8.